The van der Waals surface area contributed by atoms with Crippen molar-refractivity contribution in [2.24, 2.45) is 5.92 Å². The minimum absolute atomic E-state index is 0.372. The van der Waals surface area contributed by atoms with Crippen molar-refractivity contribution in [2.45, 2.75) is 45.2 Å². The fourth-order valence-corrected chi connectivity index (χ4v) is 3.43. The zero-order chi connectivity index (χ0) is 13.2. The molecule has 2 bridgehead atoms. The molecule has 1 saturated carbocycles. The number of fused-ring (bicyclic) bond motifs is 2. The van der Waals surface area contributed by atoms with Crippen molar-refractivity contribution in [3.05, 3.63) is 23.8 Å². The van der Waals surface area contributed by atoms with E-state index >= 15 is 0 Å². The fourth-order valence-electron chi connectivity index (χ4n) is 3.43. The van der Waals surface area contributed by atoms with E-state index in [1.54, 1.807) is 6.07 Å². The van der Waals surface area contributed by atoms with Crippen molar-refractivity contribution >= 4 is 0 Å². The van der Waals surface area contributed by atoms with Crippen LogP contribution in [0.1, 0.15) is 38.2 Å². The van der Waals surface area contributed by atoms with E-state index in [1.165, 1.54) is 25.8 Å². The van der Waals surface area contributed by atoms with Gasteiger partial charge in [0.15, 0.2) is 0 Å². The predicted octanol–water partition coefficient (Wildman–Crippen LogP) is 3.17. The Morgan fingerprint density at radius 3 is 2.89 bits per heavy atom. The number of benzene rings is 1. The van der Waals surface area contributed by atoms with Gasteiger partial charge in [-0.25, -0.2) is 0 Å². The topological polar surface area (TPSA) is 32.7 Å². The Morgan fingerprint density at radius 1 is 1.37 bits per heavy atom. The van der Waals surface area contributed by atoms with Gasteiger partial charge >= 0.3 is 0 Å². The van der Waals surface area contributed by atoms with Gasteiger partial charge in [-0.3, -0.25) is 4.90 Å². The largest absolute Gasteiger partial charge is 0.507 e. The molecule has 1 heterocycles. The van der Waals surface area contributed by atoms with Crippen molar-refractivity contribution in [2.75, 3.05) is 13.2 Å². The van der Waals surface area contributed by atoms with Crippen molar-refractivity contribution in [1.29, 1.82) is 0 Å². The van der Waals surface area contributed by atoms with Crippen LogP contribution in [-0.4, -0.2) is 29.2 Å². The van der Waals surface area contributed by atoms with Crippen LogP contribution >= 0.6 is 0 Å². The molecule has 0 spiro atoms. The van der Waals surface area contributed by atoms with Crippen molar-refractivity contribution in [3.8, 4) is 11.5 Å². The van der Waals surface area contributed by atoms with Gasteiger partial charge in [-0.05, 0) is 37.7 Å². The summed E-state index contributed by atoms with van der Waals surface area (Å²) in [7, 11) is 0. The summed E-state index contributed by atoms with van der Waals surface area (Å²) < 4.78 is 5.54. The number of phenolic OH excluding ortho intramolecular Hbond substituents is 1. The molecule has 2 unspecified atom stereocenters. The number of nitrogens with zero attached hydrogens (tertiary/aromatic N) is 1. The average molecular weight is 261 g/mol. The van der Waals surface area contributed by atoms with Crippen LogP contribution in [0.15, 0.2) is 18.2 Å². The van der Waals surface area contributed by atoms with Crippen LogP contribution in [0.4, 0.5) is 0 Å². The van der Waals surface area contributed by atoms with E-state index in [0.29, 0.717) is 12.4 Å². The summed E-state index contributed by atoms with van der Waals surface area (Å²) >= 11 is 0. The number of rotatable bonds is 5. The molecule has 2 fully saturated rings. The summed E-state index contributed by atoms with van der Waals surface area (Å²) in [5.74, 6) is 2.04. The molecule has 0 aromatic heterocycles. The number of aromatic hydroxyl groups is 1. The number of phenols is 1. The van der Waals surface area contributed by atoms with Gasteiger partial charge in [0.05, 0.1) is 6.61 Å². The second kappa shape index (κ2) is 5.41. The maximum absolute atomic E-state index is 10.1. The van der Waals surface area contributed by atoms with Crippen LogP contribution in [0.5, 0.6) is 11.5 Å². The lowest BCUT2D eigenvalue weighted by atomic mass is 10.1. The van der Waals surface area contributed by atoms with Gasteiger partial charge < -0.3 is 9.84 Å². The second-order valence-corrected chi connectivity index (χ2v) is 5.90. The molecule has 3 nitrogen and oxygen atoms in total. The Bertz CT molecular complexity index is 446. The molecule has 1 N–H and O–H groups in total. The Kier molecular flexibility index (Phi) is 3.65. The van der Waals surface area contributed by atoms with E-state index < -0.39 is 0 Å². The first kappa shape index (κ1) is 12.8. The molecule has 3 heteroatoms. The van der Waals surface area contributed by atoms with Gasteiger partial charge in [-0.1, -0.05) is 13.0 Å². The van der Waals surface area contributed by atoms with Crippen LogP contribution in [-0.2, 0) is 6.54 Å². The molecule has 19 heavy (non-hydrogen) atoms. The molecule has 104 valence electrons. The molecule has 1 aromatic rings. The normalized spacial score (nSPS) is 25.9. The zero-order valence-corrected chi connectivity index (χ0v) is 11.6. The van der Waals surface area contributed by atoms with E-state index in [2.05, 4.69) is 11.8 Å². The van der Waals surface area contributed by atoms with Crippen molar-refractivity contribution in [3.63, 3.8) is 0 Å². The van der Waals surface area contributed by atoms with Gasteiger partial charge in [0.25, 0.3) is 0 Å². The van der Waals surface area contributed by atoms with Crippen LogP contribution in [0.25, 0.3) is 0 Å². The third-order valence-corrected chi connectivity index (χ3v) is 4.43. The second-order valence-electron chi connectivity index (χ2n) is 5.90. The smallest absolute Gasteiger partial charge is 0.123 e. The quantitative estimate of drug-likeness (QED) is 0.883. The van der Waals surface area contributed by atoms with E-state index in [1.807, 2.05) is 12.1 Å². The maximum Gasteiger partial charge on any atom is 0.123 e. The first-order chi connectivity index (χ1) is 9.26. The highest BCUT2D eigenvalue weighted by atomic mass is 16.5. The summed E-state index contributed by atoms with van der Waals surface area (Å²) in [6.07, 6.45) is 5.08. The number of piperidine rings is 1. The van der Waals surface area contributed by atoms with E-state index in [-0.39, 0.29) is 0 Å². The van der Waals surface area contributed by atoms with Crippen molar-refractivity contribution < 1.29 is 9.84 Å². The van der Waals surface area contributed by atoms with Crippen LogP contribution in [0.2, 0.25) is 0 Å². The lowest BCUT2D eigenvalue weighted by molar-refractivity contribution is 0.203. The maximum atomic E-state index is 10.1. The lowest BCUT2D eigenvalue weighted by Crippen LogP contribution is -2.31. The highest BCUT2D eigenvalue weighted by molar-refractivity contribution is 5.39. The van der Waals surface area contributed by atoms with Crippen LogP contribution in [0.3, 0.4) is 0 Å². The fraction of sp³-hybridized carbons (Fsp3) is 0.625. The molecule has 0 amide bonds. The van der Waals surface area contributed by atoms with Gasteiger partial charge in [-0.2, -0.15) is 0 Å². The molecule has 1 saturated heterocycles. The SMILES string of the molecule is CCCOc1ccc(CN2CC3CCC2C3)c(O)c1. The highest BCUT2D eigenvalue weighted by Gasteiger charge is 2.37. The van der Waals surface area contributed by atoms with Gasteiger partial charge in [0.1, 0.15) is 11.5 Å². The lowest BCUT2D eigenvalue weighted by Gasteiger charge is -2.27. The molecule has 2 aliphatic rings. The minimum atomic E-state index is 0.372. The summed E-state index contributed by atoms with van der Waals surface area (Å²) in [5.41, 5.74) is 1.02. The Morgan fingerprint density at radius 2 is 2.26 bits per heavy atom. The Balaban J connectivity index is 1.64. The van der Waals surface area contributed by atoms with Gasteiger partial charge in [0, 0.05) is 30.8 Å². The summed E-state index contributed by atoms with van der Waals surface area (Å²) in [6.45, 7) is 4.87. The Labute approximate surface area is 115 Å². The van der Waals surface area contributed by atoms with Crippen LogP contribution < -0.4 is 4.74 Å². The van der Waals surface area contributed by atoms with E-state index in [9.17, 15) is 5.11 Å². The van der Waals surface area contributed by atoms with E-state index in [4.69, 9.17) is 4.74 Å². The van der Waals surface area contributed by atoms with Gasteiger partial charge in [0.2, 0.25) is 0 Å². The molecular formula is C16H23NO2. The standard InChI is InChI=1S/C16H23NO2/c1-2-7-19-15-6-4-13(16(18)9-15)11-17-10-12-3-5-14(17)8-12/h4,6,9,12,14,18H,2-3,5,7-8,10-11H2,1H3. The summed E-state index contributed by atoms with van der Waals surface area (Å²) in [4.78, 5) is 2.52. The number of likely N-dealkylation sites (tertiary alicyclic amines) is 1. The first-order valence-corrected chi connectivity index (χ1v) is 7.45. The molecule has 2 atom stereocenters. The third kappa shape index (κ3) is 2.71. The Hall–Kier alpha value is -1.22. The first-order valence-electron chi connectivity index (χ1n) is 7.45. The highest BCUT2D eigenvalue weighted by Crippen LogP contribution is 2.39. The molecule has 3 rings (SSSR count). The van der Waals surface area contributed by atoms with Gasteiger partial charge in [-0.15, -0.1) is 0 Å². The number of hydrogen-bond acceptors (Lipinski definition) is 3. The third-order valence-electron chi connectivity index (χ3n) is 4.43. The molecule has 1 aliphatic carbocycles. The number of hydrogen-bond donors (Lipinski definition) is 1. The van der Waals surface area contributed by atoms with E-state index in [0.717, 1.165) is 36.2 Å². The molecule has 1 aliphatic heterocycles. The molecule has 1 aromatic carbocycles. The van der Waals surface area contributed by atoms with Crippen LogP contribution in [0, 0.1) is 5.92 Å². The molecular weight excluding hydrogens is 238 g/mol. The minimum Gasteiger partial charge on any atom is -0.507 e. The monoisotopic (exact) mass is 261 g/mol. The number of ether oxygens (including phenoxy) is 1. The zero-order valence-electron chi connectivity index (χ0n) is 11.6. The summed E-state index contributed by atoms with van der Waals surface area (Å²) in [6, 6.07) is 6.48. The molecule has 0 radical (unpaired) electrons. The predicted molar refractivity (Wildman–Crippen MR) is 75.4 cm³/mol. The van der Waals surface area contributed by atoms with Crippen molar-refractivity contribution in [1.82, 2.24) is 4.90 Å². The summed E-state index contributed by atoms with van der Waals surface area (Å²) in [5, 5.41) is 10.1. The average Bonchev–Trinajstić information content (AvgIpc) is 3.01.